The lowest BCUT2D eigenvalue weighted by atomic mass is 10.2. The van der Waals surface area contributed by atoms with Crippen LogP contribution in [0.3, 0.4) is 0 Å². The molecule has 1 aromatic rings. The minimum atomic E-state index is -1.06. The number of carboxylic acid groups (broad SMARTS) is 1. The van der Waals surface area contributed by atoms with Gasteiger partial charge in [0.2, 0.25) is 11.8 Å². The summed E-state index contributed by atoms with van der Waals surface area (Å²) in [5.74, 6) is -1.68. The second-order valence-electron chi connectivity index (χ2n) is 5.67. The van der Waals surface area contributed by atoms with Gasteiger partial charge in [0, 0.05) is 12.2 Å². The first kappa shape index (κ1) is 15.5. The molecule has 122 valence electrons. The molecule has 0 bridgehead atoms. The Kier molecular flexibility index (Phi) is 4.29. The maximum Gasteiger partial charge on any atom is 0.332 e. The summed E-state index contributed by atoms with van der Waals surface area (Å²) in [6.07, 6.45) is -0.270. The Morgan fingerprint density at radius 1 is 1.22 bits per heavy atom. The summed E-state index contributed by atoms with van der Waals surface area (Å²) in [7, 11) is 0. The SMILES string of the molecule is O=C(NCC(=O)N1CCc2ccccc21)[C@@H]1CC[C@H](C(=O)O)O1. The fourth-order valence-electron chi connectivity index (χ4n) is 2.98. The number of rotatable bonds is 4. The summed E-state index contributed by atoms with van der Waals surface area (Å²) in [5, 5.41) is 11.4. The van der Waals surface area contributed by atoms with Gasteiger partial charge in [-0.1, -0.05) is 18.2 Å². The van der Waals surface area contributed by atoms with Crippen LogP contribution < -0.4 is 10.2 Å². The van der Waals surface area contributed by atoms with E-state index in [4.69, 9.17) is 9.84 Å². The van der Waals surface area contributed by atoms with Crippen molar-refractivity contribution in [2.24, 2.45) is 0 Å². The molecule has 7 nitrogen and oxygen atoms in total. The molecule has 2 atom stereocenters. The number of nitrogens with one attached hydrogen (secondary N) is 1. The molecule has 0 aromatic heterocycles. The summed E-state index contributed by atoms with van der Waals surface area (Å²) < 4.78 is 5.16. The normalized spacial score (nSPS) is 22.7. The lowest BCUT2D eigenvalue weighted by molar-refractivity contribution is -0.152. The quantitative estimate of drug-likeness (QED) is 0.834. The highest BCUT2D eigenvalue weighted by molar-refractivity contribution is 5.98. The number of para-hydroxylation sites is 1. The van der Waals surface area contributed by atoms with E-state index in [0.717, 1.165) is 17.7 Å². The molecule has 1 saturated heterocycles. The Balaban J connectivity index is 1.52. The number of carbonyl (C=O) groups excluding carboxylic acids is 2. The topological polar surface area (TPSA) is 95.9 Å². The average molecular weight is 318 g/mol. The number of ether oxygens (including phenoxy) is 1. The molecule has 0 unspecified atom stereocenters. The third-order valence-electron chi connectivity index (χ3n) is 4.19. The van der Waals surface area contributed by atoms with Crippen molar-refractivity contribution in [1.29, 1.82) is 0 Å². The fourth-order valence-corrected chi connectivity index (χ4v) is 2.98. The van der Waals surface area contributed by atoms with E-state index in [9.17, 15) is 14.4 Å². The lowest BCUT2D eigenvalue weighted by Gasteiger charge is -2.18. The molecular formula is C16H18N2O5. The van der Waals surface area contributed by atoms with Crippen molar-refractivity contribution in [2.45, 2.75) is 31.5 Å². The number of carbonyl (C=O) groups is 3. The minimum absolute atomic E-state index is 0.120. The van der Waals surface area contributed by atoms with Gasteiger partial charge in [-0.25, -0.2) is 4.79 Å². The van der Waals surface area contributed by atoms with Crippen LogP contribution in [0.25, 0.3) is 0 Å². The molecule has 2 N–H and O–H groups in total. The number of carboxylic acids is 1. The Labute approximate surface area is 133 Å². The van der Waals surface area contributed by atoms with Crippen LogP contribution in [0, 0.1) is 0 Å². The Bertz CT molecular complexity index is 645. The molecule has 7 heteroatoms. The second-order valence-corrected chi connectivity index (χ2v) is 5.67. The molecule has 2 aliphatic rings. The summed E-state index contributed by atoms with van der Waals surface area (Å²) in [5.41, 5.74) is 2.01. The standard InChI is InChI=1S/C16H18N2O5/c19-14(18-8-7-10-3-1-2-4-11(10)18)9-17-15(20)12-5-6-13(23-12)16(21)22/h1-4,12-13H,5-9H2,(H,17,20)(H,21,22)/t12-,13+/m0/s1. The minimum Gasteiger partial charge on any atom is -0.479 e. The van der Waals surface area contributed by atoms with Crippen molar-refractivity contribution in [3.63, 3.8) is 0 Å². The van der Waals surface area contributed by atoms with E-state index >= 15 is 0 Å². The molecule has 23 heavy (non-hydrogen) atoms. The average Bonchev–Trinajstić information content (AvgIpc) is 3.19. The zero-order valence-electron chi connectivity index (χ0n) is 12.5. The second kappa shape index (κ2) is 6.37. The summed E-state index contributed by atoms with van der Waals surface area (Å²) in [4.78, 5) is 36.7. The van der Waals surface area contributed by atoms with E-state index in [0.29, 0.717) is 19.4 Å². The lowest BCUT2D eigenvalue weighted by Crippen LogP contribution is -2.43. The number of benzene rings is 1. The van der Waals surface area contributed by atoms with E-state index in [-0.39, 0.29) is 12.5 Å². The third kappa shape index (κ3) is 3.19. The van der Waals surface area contributed by atoms with Crippen molar-refractivity contribution in [2.75, 3.05) is 18.0 Å². The van der Waals surface area contributed by atoms with Crippen LogP contribution in [0.4, 0.5) is 5.69 Å². The van der Waals surface area contributed by atoms with Gasteiger partial charge in [-0.05, 0) is 30.9 Å². The van der Waals surface area contributed by atoms with Gasteiger partial charge < -0.3 is 20.1 Å². The van der Waals surface area contributed by atoms with Crippen LogP contribution in [0.1, 0.15) is 18.4 Å². The maximum atomic E-state index is 12.3. The molecular weight excluding hydrogens is 300 g/mol. The zero-order chi connectivity index (χ0) is 16.4. The molecule has 3 rings (SSSR count). The largest absolute Gasteiger partial charge is 0.479 e. The van der Waals surface area contributed by atoms with E-state index in [1.807, 2.05) is 24.3 Å². The van der Waals surface area contributed by atoms with Crippen LogP contribution in [0.2, 0.25) is 0 Å². The number of anilines is 1. The molecule has 1 aromatic carbocycles. The number of hydrogen-bond acceptors (Lipinski definition) is 4. The predicted molar refractivity (Wildman–Crippen MR) is 81.0 cm³/mol. The molecule has 0 saturated carbocycles. The predicted octanol–water partition coefficient (Wildman–Crippen LogP) is 0.324. The number of amides is 2. The van der Waals surface area contributed by atoms with Crippen LogP contribution in [0.15, 0.2) is 24.3 Å². The van der Waals surface area contributed by atoms with Gasteiger partial charge in [0.15, 0.2) is 6.10 Å². The van der Waals surface area contributed by atoms with Crippen LogP contribution in [-0.2, 0) is 25.5 Å². The highest BCUT2D eigenvalue weighted by atomic mass is 16.5. The first-order valence-electron chi connectivity index (χ1n) is 7.60. The highest BCUT2D eigenvalue weighted by Gasteiger charge is 2.35. The number of fused-ring (bicyclic) bond motifs is 1. The van der Waals surface area contributed by atoms with Crippen molar-refractivity contribution in [3.05, 3.63) is 29.8 Å². The van der Waals surface area contributed by atoms with Gasteiger partial charge in [-0.3, -0.25) is 9.59 Å². The van der Waals surface area contributed by atoms with E-state index in [1.54, 1.807) is 4.90 Å². The highest BCUT2D eigenvalue weighted by Crippen LogP contribution is 2.27. The molecule has 0 aliphatic carbocycles. The molecule has 1 fully saturated rings. The molecule has 2 aliphatic heterocycles. The molecule has 2 amide bonds. The van der Waals surface area contributed by atoms with E-state index in [2.05, 4.69) is 5.32 Å². The smallest absolute Gasteiger partial charge is 0.332 e. The summed E-state index contributed by atoms with van der Waals surface area (Å²) in [6.45, 7) is 0.486. The van der Waals surface area contributed by atoms with Gasteiger partial charge in [0.1, 0.15) is 6.10 Å². The van der Waals surface area contributed by atoms with Gasteiger partial charge in [0.25, 0.3) is 0 Å². The van der Waals surface area contributed by atoms with Gasteiger partial charge in [0.05, 0.1) is 6.54 Å². The number of nitrogens with zero attached hydrogens (tertiary/aromatic N) is 1. The monoisotopic (exact) mass is 318 g/mol. The van der Waals surface area contributed by atoms with Gasteiger partial charge >= 0.3 is 5.97 Å². The van der Waals surface area contributed by atoms with Gasteiger partial charge in [-0.2, -0.15) is 0 Å². The van der Waals surface area contributed by atoms with Crippen molar-refractivity contribution >= 4 is 23.5 Å². The molecule has 0 radical (unpaired) electrons. The Hall–Kier alpha value is -2.41. The van der Waals surface area contributed by atoms with Crippen molar-refractivity contribution in [3.8, 4) is 0 Å². The third-order valence-corrected chi connectivity index (χ3v) is 4.19. The van der Waals surface area contributed by atoms with E-state index in [1.165, 1.54) is 0 Å². The number of aliphatic carboxylic acids is 1. The Morgan fingerprint density at radius 2 is 1.96 bits per heavy atom. The molecule has 2 heterocycles. The molecule has 0 spiro atoms. The first-order valence-corrected chi connectivity index (χ1v) is 7.60. The first-order chi connectivity index (χ1) is 11.1. The zero-order valence-corrected chi connectivity index (χ0v) is 12.5. The van der Waals surface area contributed by atoms with Crippen molar-refractivity contribution < 1.29 is 24.2 Å². The van der Waals surface area contributed by atoms with Crippen LogP contribution >= 0.6 is 0 Å². The number of hydrogen-bond donors (Lipinski definition) is 2. The van der Waals surface area contributed by atoms with E-state index < -0.39 is 24.1 Å². The fraction of sp³-hybridized carbons (Fsp3) is 0.438. The summed E-state index contributed by atoms with van der Waals surface area (Å²) >= 11 is 0. The summed E-state index contributed by atoms with van der Waals surface area (Å²) in [6, 6.07) is 7.69. The maximum absolute atomic E-state index is 12.3. The van der Waals surface area contributed by atoms with Crippen LogP contribution in [-0.4, -0.2) is 48.2 Å². The van der Waals surface area contributed by atoms with Crippen LogP contribution in [0.5, 0.6) is 0 Å². The Morgan fingerprint density at radius 3 is 2.70 bits per heavy atom. The van der Waals surface area contributed by atoms with Crippen molar-refractivity contribution in [1.82, 2.24) is 5.32 Å². The van der Waals surface area contributed by atoms with Gasteiger partial charge in [-0.15, -0.1) is 0 Å².